The van der Waals surface area contributed by atoms with Crippen molar-refractivity contribution in [2.75, 3.05) is 40.3 Å². The number of hydrogen-bond acceptors (Lipinski definition) is 3. The Hall–Kier alpha value is -0.120. The Balaban J connectivity index is 2.59. The van der Waals surface area contributed by atoms with Gasteiger partial charge in [0.05, 0.1) is 0 Å². The third-order valence-electron chi connectivity index (χ3n) is 3.56. The van der Waals surface area contributed by atoms with Gasteiger partial charge in [0.2, 0.25) is 0 Å². The van der Waals surface area contributed by atoms with E-state index in [1.807, 2.05) is 0 Å². The van der Waals surface area contributed by atoms with Crippen LogP contribution in [0.25, 0.3) is 0 Å². The number of likely N-dealkylation sites (N-methyl/N-ethyl adjacent to an activating group) is 3. The van der Waals surface area contributed by atoms with Crippen LogP contribution in [0, 0.1) is 5.92 Å². The monoisotopic (exact) mass is 227 g/mol. The zero-order valence-corrected chi connectivity index (χ0v) is 11.7. The van der Waals surface area contributed by atoms with Gasteiger partial charge >= 0.3 is 0 Å². The molecule has 1 heterocycles. The summed E-state index contributed by atoms with van der Waals surface area (Å²) in [6.07, 6.45) is 1.27. The first-order valence-electron chi connectivity index (χ1n) is 6.66. The zero-order valence-electron chi connectivity index (χ0n) is 11.7. The van der Waals surface area contributed by atoms with Crippen LogP contribution in [0.2, 0.25) is 0 Å². The zero-order chi connectivity index (χ0) is 12.1. The SMILES string of the molecule is CCNC(CC(C)C)C1CN(C)CCN1C. The molecule has 96 valence electrons. The number of piperazine rings is 1. The van der Waals surface area contributed by atoms with Crippen LogP contribution in [0.3, 0.4) is 0 Å². The number of rotatable bonds is 5. The van der Waals surface area contributed by atoms with Crippen molar-refractivity contribution in [2.24, 2.45) is 5.92 Å². The highest BCUT2D eigenvalue weighted by Crippen LogP contribution is 2.16. The van der Waals surface area contributed by atoms with E-state index < -0.39 is 0 Å². The fourth-order valence-corrected chi connectivity index (χ4v) is 2.63. The van der Waals surface area contributed by atoms with Crippen molar-refractivity contribution in [3.8, 4) is 0 Å². The third-order valence-corrected chi connectivity index (χ3v) is 3.56. The summed E-state index contributed by atoms with van der Waals surface area (Å²) in [6.45, 7) is 11.5. The summed E-state index contributed by atoms with van der Waals surface area (Å²) in [4.78, 5) is 4.98. The summed E-state index contributed by atoms with van der Waals surface area (Å²) in [7, 11) is 4.50. The van der Waals surface area contributed by atoms with Gasteiger partial charge in [-0.2, -0.15) is 0 Å². The lowest BCUT2D eigenvalue weighted by Crippen LogP contribution is -2.58. The van der Waals surface area contributed by atoms with E-state index in [9.17, 15) is 0 Å². The average molecular weight is 227 g/mol. The Morgan fingerprint density at radius 2 is 1.94 bits per heavy atom. The number of nitrogens with zero attached hydrogens (tertiary/aromatic N) is 2. The molecule has 3 nitrogen and oxygen atoms in total. The molecule has 1 N–H and O–H groups in total. The predicted octanol–water partition coefficient (Wildman–Crippen LogP) is 1.26. The van der Waals surface area contributed by atoms with Crippen molar-refractivity contribution in [3.05, 3.63) is 0 Å². The summed E-state index contributed by atoms with van der Waals surface area (Å²) in [6, 6.07) is 1.30. The van der Waals surface area contributed by atoms with E-state index in [2.05, 4.69) is 50.0 Å². The van der Waals surface area contributed by atoms with E-state index >= 15 is 0 Å². The molecule has 0 radical (unpaired) electrons. The molecule has 1 rings (SSSR count). The molecule has 0 saturated carbocycles. The molecule has 1 saturated heterocycles. The van der Waals surface area contributed by atoms with Crippen LogP contribution in [0.5, 0.6) is 0 Å². The Labute approximate surface area is 101 Å². The molecule has 0 aromatic rings. The lowest BCUT2D eigenvalue weighted by atomic mass is 9.95. The van der Waals surface area contributed by atoms with Gasteiger partial charge < -0.3 is 10.2 Å². The molecule has 3 heteroatoms. The van der Waals surface area contributed by atoms with Gasteiger partial charge in [-0.1, -0.05) is 20.8 Å². The topological polar surface area (TPSA) is 18.5 Å². The first kappa shape index (κ1) is 13.9. The summed E-state index contributed by atoms with van der Waals surface area (Å²) < 4.78 is 0. The van der Waals surface area contributed by atoms with Crippen LogP contribution in [0.1, 0.15) is 27.2 Å². The lowest BCUT2D eigenvalue weighted by molar-refractivity contribution is 0.0821. The summed E-state index contributed by atoms with van der Waals surface area (Å²) in [5.74, 6) is 0.768. The van der Waals surface area contributed by atoms with E-state index in [1.54, 1.807) is 0 Å². The van der Waals surface area contributed by atoms with E-state index in [4.69, 9.17) is 0 Å². The van der Waals surface area contributed by atoms with Gasteiger partial charge in [-0.3, -0.25) is 4.90 Å². The van der Waals surface area contributed by atoms with E-state index in [-0.39, 0.29) is 0 Å². The third kappa shape index (κ3) is 4.04. The number of nitrogens with one attached hydrogen (secondary N) is 1. The largest absolute Gasteiger partial charge is 0.313 e. The molecule has 0 aromatic heterocycles. The lowest BCUT2D eigenvalue weighted by Gasteiger charge is -2.42. The van der Waals surface area contributed by atoms with Crippen LogP contribution in [-0.2, 0) is 0 Å². The molecule has 1 fully saturated rings. The quantitative estimate of drug-likeness (QED) is 0.763. The minimum Gasteiger partial charge on any atom is -0.313 e. The Morgan fingerprint density at radius 1 is 1.25 bits per heavy atom. The van der Waals surface area contributed by atoms with Crippen molar-refractivity contribution in [1.29, 1.82) is 0 Å². The maximum atomic E-state index is 3.67. The van der Waals surface area contributed by atoms with Crippen LogP contribution in [-0.4, -0.2) is 62.2 Å². The van der Waals surface area contributed by atoms with Crippen LogP contribution >= 0.6 is 0 Å². The molecule has 0 amide bonds. The van der Waals surface area contributed by atoms with Crippen LogP contribution < -0.4 is 5.32 Å². The molecule has 0 aliphatic carbocycles. The summed E-state index contributed by atoms with van der Waals surface area (Å²) >= 11 is 0. The normalized spacial score (nSPS) is 26.2. The molecule has 2 atom stereocenters. The fourth-order valence-electron chi connectivity index (χ4n) is 2.63. The molecule has 1 aliphatic heterocycles. The highest BCUT2D eigenvalue weighted by molar-refractivity contribution is 4.89. The Kier molecular flexibility index (Phi) is 5.73. The molecule has 2 unspecified atom stereocenters. The van der Waals surface area contributed by atoms with Gasteiger partial charge in [-0.15, -0.1) is 0 Å². The van der Waals surface area contributed by atoms with Gasteiger partial charge in [0.15, 0.2) is 0 Å². The second-order valence-corrected chi connectivity index (χ2v) is 5.60. The predicted molar refractivity (Wildman–Crippen MR) is 70.8 cm³/mol. The molecule has 16 heavy (non-hydrogen) atoms. The summed E-state index contributed by atoms with van der Waals surface area (Å²) in [5.41, 5.74) is 0. The van der Waals surface area contributed by atoms with Gasteiger partial charge in [-0.25, -0.2) is 0 Å². The molecular weight excluding hydrogens is 198 g/mol. The van der Waals surface area contributed by atoms with E-state index in [1.165, 1.54) is 26.1 Å². The maximum Gasteiger partial charge on any atom is 0.0374 e. The first-order valence-corrected chi connectivity index (χ1v) is 6.66. The molecule has 0 spiro atoms. The van der Waals surface area contributed by atoms with Gasteiger partial charge in [0.25, 0.3) is 0 Å². The van der Waals surface area contributed by atoms with Gasteiger partial charge in [0, 0.05) is 31.7 Å². The van der Waals surface area contributed by atoms with Crippen molar-refractivity contribution in [3.63, 3.8) is 0 Å². The first-order chi connectivity index (χ1) is 7.54. The highest BCUT2D eigenvalue weighted by Gasteiger charge is 2.29. The fraction of sp³-hybridized carbons (Fsp3) is 1.00. The summed E-state index contributed by atoms with van der Waals surface area (Å²) in [5, 5.41) is 3.67. The second-order valence-electron chi connectivity index (χ2n) is 5.60. The van der Waals surface area contributed by atoms with Crippen LogP contribution in [0.15, 0.2) is 0 Å². The number of hydrogen-bond donors (Lipinski definition) is 1. The highest BCUT2D eigenvalue weighted by atomic mass is 15.3. The minimum atomic E-state index is 0.637. The molecule has 0 aromatic carbocycles. The molecular formula is C13H29N3. The standard InChI is InChI=1S/C13H29N3/c1-6-14-12(9-11(2)3)13-10-15(4)7-8-16(13)5/h11-14H,6-10H2,1-5H3. The van der Waals surface area contributed by atoms with Crippen molar-refractivity contribution in [2.45, 2.75) is 39.3 Å². The van der Waals surface area contributed by atoms with Gasteiger partial charge in [0.1, 0.15) is 0 Å². The van der Waals surface area contributed by atoms with E-state index in [0.717, 1.165) is 12.5 Å². The van der Waals surface area contributed by atoms with E-state index in [0.29, 0.717) is 12.1 Å². The van der Waals surface area contributed by atoms with Gasteiger partial charge in [-0.05, 0) is 33.0 Å². The smallest absolute Gasteiger partial charge is 0.0374 e. The molecule has 0 bridgehead atoms. The maximum absolute atomic E-state index is 3.67. The Bertz CT molecular complexity index is 194. The van der Waals surface area contributed by atoms with Crippen LogP contribution in [0.4, 0.5) is 0 Å². The van der Waals surface area contributed by atoms with Crippen molar-refractivity contribution < 1.29 is 0 Å². The van der Waals surface area contributed by atoms with Crippen molar-refractivity contribution >= 4 is 0 Å². The average Bonchev–Trinajstić information content (AvgIpc) is 2.20. The Morgan fingerprint density at radius 3 is 2.50 bits per heavy atom. The molecule has 1 aliphatic rings. The minimum absolute atomic E-state index is 0.637. The van der Waals surface area contributed by atoms with Crippen molar-refractivity contribution in [1.82, 2.24) is 15.1 Å². The second kappa shape index (κ2) is 6.58.